The van der Waals surface area contributed by atoms with Crippen LogP contribution in [0, 0.1) is 0 Å². The van der Waals surface area contributed by atoms with Gasteiger partial charge in [-0.15, -0.1) is 0 Å². The molecule has 0 N–H and O–H groups in total. The second kappa shape index (κ2) is 6.14. The fourth-order valence-corrected chi connectivity index (χ4v) is 4.22. The molecule has 26 heavy (non-hydrogen) atoms. The van der Waals surface area contributed by atoms with Gasteiger partial charge in [0.05, 0.1) is 24.9 Å². The first-order valence-corrected chi connectivity index (χ1v) is 8.91. The quantitative estimate of drug-likeness (QED) is 0.727. The van der Waals surface area contributed by atoms with E-state index in [-0.39, 0.29) is 18.0 Å². The Balaban J connectivity index is 1.45. The number of amides is 1. The largest absolute Gasteiger partial charge is 0.468 e. The van der Waals surface area contributed by atoms with Gasteiger partial charge in [-0.1, -0.05) is 6.07 Å². The van der Waals surface area contributed by atoms with E-state index in [4.69, 9.17) is 4.42 Å². The minimum absolute atomic E-state index is 0.0972. The van der Waals surface area contributed by atoms with Crippen molar-refractivity contribution in [2.75, 3.05) is 13.1 Å². The van der Waals surface area contributed by atoms with E-state index in [9.17, 15) is 4.79 Å². The summed E-state index contributed by atoms with van der Waals surface area (Å²) in [6.45, 7) is 3.11. The number of furan rings is 1. The lowest BCUT2D eigenvalue weighted by atomic mass is 10.0. The minimum atomic E-state index is 0.0972. The van der Waals surface area contributed by atoms with Crippen molar-refractivity contribution >= 4 is 5.91 Å². The van der Waals surface area contributed by atoms with E-state index in [0.29, 0.717) is 6.54 Å². The van der Waals surface area contributed by atoms with Crippen LogP contribution in [0.2, 0.25) is 0 Å². The molecule has 0 saturated carbocycles. The molecular weight excluding hydrogens is 328 g/mol. The molecule has 1 fully saturated rings. The highest BCUT2D eigenvalue weighted by Gasteiger charge is 2.44. The Morgan fingerprint density at radius 2 is 2.00 bits per heavy atom. The van der Waals surface area contributed by atoms with Gasteiger partial charge in [0.25, 0.3) is 5.91 Å². The molecule has 1 saturated heterocycles. The number of pyridine rings is 1. The molecule has 3 aromatic heterocycles. The van der Waals surface area contributed by atoms with Crippen molar-refractivity contribution in [1.29, 1.82) is 0 Å². The number of nitrogens with zero attached hydrogens (tertiary/aromatic N) is 4. The summed E-state index contributed by atoms with van der Waals surface area (Å²) in [5, 5.41) is 0. The first-order valence-electron chi connectivity index (χ1n) is 8.91. The molecule has 5 heterocycles. The van der Waals surface area contributed by atoms with Crippen LogP contribution in [0.3, 0.4) is 0 Å². The van der Waals surface area contributed by atoms with Gasteiger partial charge in [0.1, 0.15) is 11.5 Å². The molecule has 5 rings (SSSR count). The van der Waals surface area contributed by atoms with Gasteiger partial charge in [0, 0.05) is 38.2 Å². The molecule has 0 spiro atoms. The van der Waals surface area contributed by atoms with Crippen molar-refractivity contribution in [2.45, 2.75) is 25.2 Å². The van der Waals surface area contributed by atoms with Gasteiger partial charge in [-0.25, -0.2) is 0 Å². The second-order valence-electron chi connectivity index (χ2n) is 7.00. The van der Waals surface area contributed by atoms with E-state index in [0.717, 1.165) is 36.7 Å². The number of fused-ring (bicyclic) bond motifs is 3. The van der Waals surface area contributed by atoms with Crippen LogP contribution in [0.25, 0.3) is 0 Å². The van der Waals surface area contributed by atoms with Gasteiger partial charge in [0.2, 0.25) is 0 Å². The molecule has 6 nitrogen and oxygen atoms in total. The summed E-state index contributed by atoms with van der Waals surface area (Å²) in [7, 11) is 0. The molecule has 2 aliphatic heterocycles. The second-order valence-corrected chi connectivity index (χ2v) is 7.00. The average molecular weight is 348 g/mol. The normalized spacial score (nSPS) is 22.5. The highest BCUT2D eigenvalue weighted by atomic mass is 16.3. The van der Waals surface area contributed by atoms with Crippen molar-refractivity contribution < 1.29 is 9.21 Å². The summed E-state index contributed by atoms with van der Waals surface area (Å²) in [6, 6.07) is 12.2. The summed E-state index contributed by atoms with van der Waals surface area (Å²) >= 11 is 0. The van der Waals surface area contributed by atoms with Crippen molar-refractivity contribution in [1.82, 2.24) is 19.4 Å². The summed E-state index contributed by atoms with van der Waals surface area (Å²) < 4.78 is 7.66. The predicted octanol–water partition coefficient (Wildman–Crippen LogP) is 2.56. The third kappa shape index (κ3) is 2.54. The fourth-order valence-electron chi connectivity index (χ4n) is 4.22. The van der Waals surface area contributed by atoms with Crippen LogP contribution >= 0.6 is 0 Å². The molecule has 0 radical (unpaired) electrons. The van der Waals surface area contributed by atoms with Crippen LogP contribution in [0.15, 0.2) is 65.7 Å². The van der Waals surface area contributed by atoms with Crippen molar-refractivity contribution in [3.63, 3.8) is 0 Å². The number of carbonyl (C=O) groups excluding carboxylic acids is 1. The van der Waals surface area contributed by atoms with Crippen LogP contribution in [0.4, 0.5) is 0 Å². The van der Waals surface area contributed by atoms with Crippen LogP contribution < -0.4 is 0 Å². The van der Waals surface area contributed by atoms with Gasteiger partial charge in [-0.2, -0.15) is 0 Å². The maximum atomic E-state index is 13.1. The zero-order chi connectivity index (χ0) is 17.5. The summed E-state index contributed by atoms with van der Waals surface area (Å²) in [5.41, 5.74) is 1.83. The van der Waals surface area contributed by atoms with Crippen LogP contribution in [0.1, 0.15) is 27.9 Å². The minimum Gasteiger partial charge on any atom is -0.468 e. The maximum absolute atomic E-state index is 13.1. The number of hydrogen-bond acceptors (Lipinski definition) is 4. The molecule has 0 unspecified atom stereocenters. The van der Waals surface area contributed by atoms with E-state index < -0.39 is 0 Å². The summed E-state index contributed by atoms with van der Waals surface area (Å²) in [4.78, 5) is 21.7. The van der Waals surface area contributed by atoms with Crippen LogP contribution in [-0.4, -0.2) is 44.4 Å². The summed E-state index contributed by atoms with van der Waals surface area (Å²) in [5.74, 6) is 1.06. The fraction of sp³-hybridized carbons (Fsp3) is 0.300. The molecule has 0 aromatic carbocycles. The van der Waals surface area contributed by atoms with Crippen LogP contribution in [0.5, 0.6) is 0 Å². The SMILES string of the molecule is O=C1c2cccn2[C@H]2CN(Cc3ccco3)C[C@@H]2N1Cc1cccnc1. The first kappa shape index (κ1) is 15.4. The van der Waals surface area contributed by atoms with Gasteiger partial charge in [-0.05, 0) is 35.9 Å². The Bertz CT molecular complexity index is 903. The zero-order valence-electron chi connectivity index (χ0n) is 14.4. The number of rotatable bonds is 4. The molecule has 2 aliphatic rings. The topological polar surface area (TPSA) is 54.5 Å². The summed E-state index contributed by atoms with van der Waals surface area (Å²) in [6.07, 6.45) is 7.34. The first-order chi connectivity index (χ1) is 12.8. The van der Waals surface area contributed by atoms with Gasteiger partial charge < -0.3 is 13.9 Å². The number of aromatic nitrogens is 2. The van der Waals surface area contributed by atoms with Crippen LogP contribution in [-0.2, 0) is 13.1 Å². The van der Waals surface area contributed by atoms with E-state index in [1.165, 1.54) is 0 Å². The van der Waals surface area contributed by atoms with E-state index in [1.807, 2.05) is 53.7 Å². The Labute approximate surface area is 151 Å². The number of carbonyl (C=O) groups is 1. The third-order valence-corrected chi connectivity index (χ3v) is 5.39. The molecule has 2 atom stereocenters. The maximum Gasteiger partial charge on any atom is 0.271 e. The molecule has 6 heteroatoms. The average Bonchev–Trinajstić information content (AvgIpc) is 3.40. The molecule has 0 bridgehead atoms. The highest BCUT2D eigenvalue weighted by Crippen LogP contribution is 2.35. The van der Waals surface area contributed by atoms with Gasteiger partial charge >= 0.3 is 0 Å². The standard InChI is InChI=1S/C20H20N4O2/c25-20-17-6-2-8-23(17)18-13-22(12-16-5-3-9-26-16)14-19(18)24(20)11-15-4-1-7-21-10-15/h1-10,18-19H,11-14H2/t18-,19-/m0/s1. The lowest BCUT2D eigenvalue weighted by molar-refractivity contribution is 0.0556. The molecule has 3 aromatic rings. The Hall–Kier alpha value is -2.86. The zero-order valence-corrected chi connectivity index (χ0v) is 14.4. The molecular formula is C20H20N4O2. The van der Waals surface area contributed by atoms with E-state index in [2.05, 4.69) is 14.5 Å². The Morgan fingerprint density at radius 3 is 2.81 bits per heavy atom. The third-order valence-electron chi connectivity index (χ3n) is 5.39. The van der Waals surface area contributed by atoms with E-state index in [1.54, 1.807) is 12.5 Å². The Morgan fingerprint density at radius 1 is 1.08 bits per heavy atom. The molecule has 1 amide bonds. The molecule has 0 aliphatic carbocycles. The monoisotopic (exact) mass is 348 g/mol. The number of likely N-dealkylation sites (tertiary alicyclic amines) is 1. The molecule has 132 valence electrons. The van der Waals surface area contributed by atoms with Crippen molar-refractivity contribution in [2.24, 2.45) is 0 Å². The lowest BCUT2D eigenvalue weighted by Gasteiger charge is -2.38. The van der Waals surface area contributed by atoms with Gasteiger partial charge in [-0.3, -0.25) is 14.7 Å². The predicted molar refractivity (Wildman–Crippen MR) is 95.4 cm³/mol. The smallest absolute Gasteiger partial charge is 0.271 e. The number of hydrogen-bond donors (Lipinski definition) is 0. The highest BCUT2D eigenvalue weighted by molar-refractivity contribution is 5.94. The van der Waals surface area contributed by atoms with Gasteiger partial charge in [0.15, 0.2) is 0 Å². The van der Waals surface area contributed by atoms with Crippen molar-refractivity contribution in [3.8, 4) is 0 Å². The lowest BCUT2D eigenvalue weighted by Crippen LogP contribution is -2.49. The van der Waals surface area contributed by atoms with Crippen molar-refractivity contribution in [3.05, 3.63) is 78.3 Å². The van der Waals surface area contributed by atoms with E-state index >= 15 is 0 Å². The Kier molecular flexibility index (Phi) is 3.64.